The van der Waals surface area contributed by atoms with E-state index in [1.165, 1.54) is 44.9 Å². The first kappa shape index (κ1) is 54.9. The first-order valence-electron chi connectivity index (χ1n) is 23.5. The standard InChI is InChI=1S/C26H42O5.C25H40O5/c1-6-7-8-9-10-11-19-29-22-13-12-14-23(30-24(27)17-15-20(2)3)26(22)31-25(28)18-16-21(4)5;1-6-7-8-9-10-18-28-21-12-11-13-22(29-23(26)16-14-19(2)3)25(21)30-24(27)17-15-20(4)5/h12-14,20-21H,6-11,15-19H2,1-5H3;11-13,19-20H,6-10,14-18H2,1-5H3. The van der Waals surface area contributed by atoms with E-state index < -0.39 is 0 Å². The van der Waals surface area contributed by atoms with E-state index in [1.54, 1.807) is 36.4 Å². The first-order chi connectivity index (χ1) is 29.2. The van der Waals surface area contributed by atoms with Gasteiger partial charge in [-0.3, -0.25) is 19.2 Å². The number of rotatable bonds is 31. The summed E-state index contributed by atoms with van der Waals surface area (Å²) in [5.41, 5.74) is 0. The average Bonchev–Trinajstić information content (AvgIpc) is 3.20. The predicted molar refractivity (Wildman–Crippen MR) is 245 cm³/mol. The van der Waals surface area contributed by atoms with Gasteiger partial charge in [0.25, 0.3) is 0 Å². The molecule has 0 fully saturated rings. The van der Waals surface area contributed by atoms with E-state index in [0.29, 0.717) is 74.1 Å². The lowest BCUT2D eigenvalue weighted by atomic mass is 10.1. The van der Waals surface area contributed by atoms with Gasteiger partial charge in [-0.15, -0.1) is 0 Å². The lowest BCUT2D eigenvalue weighted by Crippen LogP contribution is -2.14. The van der Waals surface area contributed by atoms with Crippen LogP contribution in [0.3, 0.4) is 0 Å². The highest BCUT2D eigenvalue weighted by molar-refractivity contribution is 5.78. The topological polar surface area (TPSA) is 124 Å². The molecule has 0 saturated heterocycles. The fourth-order valence-corrected chi connectivity index (χ4v) is 5.84. The Balaban J connectivity index is 0.000000610. The molecule has 0 spiro atoms. The Hall–Kier alpha value is -4.08. The summed E-state index contributed by atoms with van der Waals surface area (Å²) < 4.78 is 34.1. The Kier molecular flexibility index (Phi) is 30.2. The SMILES string of the molecule is CCCCCCCCOc1cccc(OC(=O)CCC(C)C)c1OC(=O)CCC(C)C.CCCCCCCOc1cccc(OC(=O)CCC(C)C)c1OC(=O)CCC(C)C. The van der Waals surface area contributed by atoms with E-state index in [-0.39, 0.29) is 46.9 Å². The predicted octanol–water partition coefficient (Wildman–Crippen LogP) is 13.8. The van der Waals surface area contributed by atoms with Gasteiger partial charge >= 0.3 is 23.9 Å². The van der Waals surface area contributed by atoms with Crippen LogP contribution in [0.1, 0.15) is 191 Å². The molecule has 2 aromatic carbocycles. The number of ether oxygens (including phenoxy) is 6. The van der Waals surface area contributed by atoms with Gasteiger partial charge in [-0.2, -0.15) is 0 Å². The molecule has 0 amide bonds. The third-order valence-electron chi connectivity index (χ3n) is 9.73. The average molecular weight is 855 g/mol. The Morgan fingerprint density at radius 2 is 0.672 bits per heavy atom. The molecule has 0 N–H and O–H groups in total. The van der Waals surface area contributed by atoms with Gasteiger partial charge in [0.05, 0.1) is 13.2 Å². The minimum Gasteiger partial charge on any atom is -0.490 e. The quantitative estimate of drug-likeness (QED) is 0.0411. The molecule has 0 bridgehead atoms. The minimum absolute atomic E-state index is 0.206. The van der Waals surface area contributed by atoms with Crippen molar-refractivity contribution in [3.63, 3.8) is 0 Å². The maximum atomic E-state index is 12.4. The summed E-state index contributed by atoms with van der Waals surface area (Å²) in [6.07, 6.45) is 16.8. The van der Waals surface area contributed by atoms with Crippen molar-refractivity contribution in [3.05, 3.63) is 36.4 Å². The van der Waals surface area contributed by atoms with Crippen LogP contribution >= 0.6 is 0 Å². The largest absolute Gasteiger partial charge is 0.490 e. The highest BCUT2D eigenvalue weighted by Crippen LogP contribution is 2.39. The van der Waals surface area contributed by atoms with Crippen molar-refractivity contribution in [2.24, 2.45) is 23.7 Å². The number of para-hydroxylation sites is 2. The number of carbonyl (C=O) groups is 4. The zero-order valence-corrected chi connectivity index (χ0v) is 39.7. The second-order valence-corrected chi connectivity index (χ2v) is 17.7. The van der Waals surface area contributed by atoms with Crippen LogP contribution in [0.15, 0.2) is 36.4 Å². The Labute approximate surface area is 369 Å². The molecule has 0 unspecified atom stereocenters. The fourth-order valence-electron chi connectivity index (χ4n) is 5.84. The molecular formula is C51H82O10. The van der Waals surface area contributed by atoms with Crippen molar-refractivity contribution in [1.29, 1.82) is 0 Å². The maximum absolute atomic E-state index is 12.4. The molecule has 0 aliphatic rings. The zero-order valence-electron chi connectivity index (χ0n) is 39.7. The monoisotopic (exact) mass is 855 g/mol. The molecule has 0 heterocycles. The first-order valence-corrected chi connectivity index (χ1v) is 23.5. The molecule has 0 aromatic heterocycles. The van der Waals surface area contributed by atoms with Crippen LogP contribution in [-0.4, -0.2) is 37.1 Å². The van der Waals surface area contributed by atoms with Crippen molar-refractivity contribution >= 4 is 23.9 Å². The summed E-state index contributed by atoms with van der Waals surface area (Å²) in [5, 5.41) is 0. The van der Waals surface area contributed by atoms with Gasteiger partial charge in [-0.1, -0.05) is 139 Å². The van der Waals surface area contributed by atoms with E-state index in [9.17, 15) is 19.2 Å². The third kappa shape index (κ3) is 27.5. The van der Waals surface area contributed by atoms with E-state index in [2.05, 4.69) is 69.2 Å². The van der Waals surface area contributed by atoms with E-state index in [0.717, 1.165) is 51.4 Å². The van der Waals surface area contributed by atoms with Crippen LogP contribution in [0.25, 0.3) is 0 Å². The van der Waals surface area contributed by atoms with Crippen LogP contribution in [0.4, 0.5) is 0 Å². The van der Waals surface area contributed by atoms with Crippen molar-refractivity contribution in [3.8, 4) is 34.5 Å². The van der Waals surface area contributed by atoms with Crippen molar-refractivity contribution in [2.45, 2.75) is 191 Å². The molecule has 0 aliphatic carbocycles. The van der Waals surface area contributed by atoms with Gasteiger partial charge in [0, 0.05) is 25.7 Å². The molecule has 0 saturated carbocycles. The van der Waals surface area contributed by atoms with Crippen LogP contribution in [0, 0.1) is 23.7 Å². The summed E-state index contributed by atoms with van der Waals surface area (Å²) in [5.74, 6) is 2.06. The Bertz CT molecular complexity index is 1510. The minimum atomic E-state index is -0.345. The lowest BCUT2D eigenvalue weighted by Gasteiger charge is -2.16. The number of benzene rings is 2. The van der Waals surface area contributed by atoms with E-state index >= 15 is 0 Å². The molecule has 346 valence electrons. The summed E-state index contributed by atoms with van der Waals surface area (Å²) in [7, 11) is 0. The smallest absolute Gasteiger partial charge is 0.311 e. The zero-order chi connectivity index (χ0) is 45.4. The number of hydrogen-bond acceptors (Lipinski definition) is 10. The Morgan fingerprint density at radius 3 is 0.984 bits per heavy atom. The lowest BCUT2D eigenvalue weighted by molar-refractivity contribution is -0.137. The summed E-state index contributed by atoms with van der Waals surface area (Å²) in [6, 6.07) is 10.3. The van der Waals surface area contributed by atoms with E-state index in [4.69, 9.17) is 28.4 Å². The summed E-state index contributed by atoms with van der Waals surface area (Å²) in [6.45, 7) is 21.9. The third-order valence-corrected chi connectivity index (χ3v) is 9.73. The second-order valence-electron chi connectivity index (χ2n) is 17.7. The molecule has 0 radical (unpaired) electrons. The van der Waals surface area contributed by atoms with Crippen molar-refractivity contribution < 1.29 is 47.6 Å². The highest BCUT2D eigenvalue weighted by atomic mass is 16.6. The maximum Gasteiger partial charge on any atom is 0.311 e. The fraction of sp³-hybridized carbons (Fsp3) is 0.686. The van der Waals surface area contributed by atoms with Gasteiger partial charge < -0.3 is 28.4 Å². The van der Waals surface area contributed by atoms with Crippen LogP contribution in [0.2, 0.25) is 0 Å². The van der Waals surface area contributed by atoms with Gasteiger partial charge in [-0.25, -0.2) is 0 Å². The van der Waals surface area contributed by atoms with Gasteiger partial charge in [0.2, 0.25) is 11.5 Å². The molecule has 10 nitrogen and oxygen atoms in total. The number of esters is 4. The van der Waals surface area contributed by atoms with Crippen molar-refractivity contribution in [2.75, 3.05) is 13.2 Å². The molecule has 61 heavy (non-hydrogen) atoms. The van der Waals surface area contributed by atoms with Gasteiger partial charge in [-0.05, 0) is 86.5 Å². The molecular weight excluding hydrogens is 773 g/mol. The number of carbonyl (C=O) groups excluding carboxylic acids is 4. The molecule has 2 aromatic rings. The van der Waals surface area contributed by atoms with Crippen LogP contribution in [-0.2, 0) is 19.2 Å². The second kappa shape index (κ2) is 33.5. The van der Waals surface area contributed by atoms with Gasteiger partial charge in [0.1, 0.15) is 0 Å². The van der Waals surface area contributed by atoms with Crippen LogP contribution in [0.5, 0.6) is 34.5 Å². The molecule has 0 aliphatic heterocycles. The summed E-state index contributed by atoms with van der Waals surface area (Å²) in [4.78, 5) is 49.2. The molecule has 10 heteroatoms. The number of hydrogen-bond donors (Lipinski definition) is 0. The highest BCUT2D eigenvalue weighted by Gasteiger charge is 2.21. The summed E-state index contributed by atoms with van der Waals surface area (Å²) >= 11 is 0. The van der Waals surface area contributed by atoms with Gasteiger partial charge in [0.15, 0.2) is 23.0 Å². The Morgan fingerprint density at radius 1 is 0.393 bits per heavy atom. The van der Waals surface area contributed by atoms with E-state index in [1.807, 2.05) is 0 Å². The number of unbranched alkanes of at least 4 members (excludes halogenated alkanes) is 9. The van der Waals surface area contributed by atoms with Crippen LogP contribution < -0.4 is 28.4 Å². The van der Waals surface area contributed by atoms with Crippen molar-refractivity contribution in [1.82, 2.24) is 0 Å². The molecule has 0 atom stereocenters. The molecule has 2 rings (SSSR count). The normalized spacial score (nSPS) is 11.0.